The Morgan fingerprint density at radius 2 is 2.13 bits per heavy atom. The van der Waals surface area contributed by atoms with Crippen molar-refractivity contribution in [1.29, 1.82) is 0 Å². The summed E-state index contributed by atoms with van der Waals surface area (Å²) in [5.41, 5.74) is 2.58. The Kier molecular flexibility index (Phi) is 5.36. The maximum absolute atomic E-state index is 11.4. The van der Waals surface area contributed by atoms with Crippen molar-refractivity contribution in [2.75, 3.05) is 24.7 Å². The standard InChI is InChI=1S/C17H25NO4S/c19-15(10-18-14-8-9-23(20,21)12-14)11-22-17-7-3-5-13-4-1-2-6-16(13)17/h1-2,4,6,14-15,17-19H,3,5,7-12H2. The molecule has 0 bridgehead atoms. The van der Waals surface area contributed by atoms with E-state index in [1.54, 1.807) is 0 Å². The molecule has 128 valence electrons. The highest BCUT2D eigenvalue weighted by molar-refractivity contribution is 7.91. The monoisotopic (exact) mass is 339 g/mol. The maximum Gasteiger partial charge on any atom is 0.151 e. The van der Waals surface area contributed by atoms with Crippen LogP contribution in [-0.2, 0) is 21.0 Å². The van der Waals surface area contributed by atoms with Crippen molar-refractivity contribution in [2.45, 2.75) is 43.9 Å². The van der Waals surface area contributed by atoms with E-state index in [0.29, 0.717) is 13.0 Å². The summed E-state index contributed by atoms with van der Waals surface area (Å²) in [6.07, 6.45) is 3.25. The van der Waals surface area contributed by atoms with Crippen molar-refractivity contribution < 1.29 is 18.3 Å². The lowest BCUT2D eigenvalue weighted by molar-refractivity contribution is -0.0172. The van der Waals surface area contributed by atoms with Gasteiger partial charge in [-0.2, -0.15) is 0 Å². The summed E-state index contributed by atoms with van der Waals surface area (Å²) in [5, 5.41) is 13.2. The number of aryl methyl sites for hydroxylation is 1. The molecule has 3 unspecified atom stereocenters. The van der Waals surface area contributed by atoms with Gasteiger partial charge in [-0.25, -0.2) is 8.42 Å². The van der Waals surface area contributed by atoms with Gasteiger partial charge in [-0.1, -0.05) is 24.3 Å². The minimum atomic E-state index is -2.88. The lowest BCUT2D eigenvalue weighted by Gasteiger charge is -2.27. The highest BCUT2D eigenvalue weighted by Crippen LogP contribution is 2.32. The fraction of sp³-hybridized carbons (Fsp3) is 0.647. The van der Waals surface area contributed by atoms with Crippen LogP contribution in [0.5, 0.6) is 0 Å². The van der Waals surface area contributed by atoms with Crippen LogP contribution in [0.2, 0.25) is 0 Å². The molecule has 1 aromatic carbocycles. The molecular formula is C17H25NO4S. The van der Waals surface area contributed by atoms with Crippen molar-refractivity contribution in [3.8, 4) is 0 Å². The van der Waals surface area contributed by atoms with Gasteiger partial charge in [0.1, 0.15) is 0 Å². The lowest BCUT2D eigenvalue weighted by Crippen LogP contribution is -2.38. The second-order valence-corrected chi connectivity index (χ2v) is 8.80. The molecule has 0 radical (unpaired) electrons. The van der Waals surface area contributed by atoms with Crippen molar-refractivity contribution in [3.63, 3.8) is 0 Å². The number of aliphatic hydroxyl groups is 1. The average Bonchev–Trinajstić information content (AvgIpc) is 2.90. The lowest BCUT2D eigenvalue weighted by atomic mass is 9.89. The molecule has 1 aliphatic carbocycles. The molecule has 3 rings (SSSR count). The maximum atomic E-state index is 11.4. The first kappa shape index (κ1) is 16.9. The molecule has 6 heteroatoms. The predicted molar refractivity (Wildman–Crippen MR) is 89.1 cm³/mol. The molecule has 0 amide bonds. The second-order valence-electron chi connectivity index (χ2n) is 6.58. The van der Waals surface area contributed by atoms with Gasteiger partial charge in [0.2, 0.25) is 0 Å². The van der Waals surface area contributed by atoms with Crippen LogP contribution in [0.25, 0.3) is 0 Å². The number of nitrogens with one attached hydrogen (secondary N) is 1. The zero-order chi connectivity index (χ0) is 16.3. The Hall–Kier alpha value is -0.950. The van der Waals surface area contributed by atoms with Crippen LogP contribution in [0.15, 0.2) is 24.3 Å². The summed E-state index contributed by atoms with van der Waals surface area (Å²) in [5.74, 6) is 0.423. The average molecular weight is 339 g/mol. The number of benzene rings is 1. The van der Waals surface area contributed by atoms with Crippen LogP contribution in [0.4, 0.5) is 0 Å². The second kappa shape index (κ2) is 7.30. The van der Waals surface area contributed by atoms with Gasteiger partial charge < -0.3 is 15.2 Å². The van der Waals surface area contributed by atoms with Crippen LogP contribution in [0.3, 0.4) is 0 Å². The van der Waals surface area contributed by atoms with E-state index in [1.165, 1.54) is 11.1 Å². The predicted octanol–water partition coefficient (Wildman–Crippen LogP) is 1.22. The third kappa shape index (κ3) is 4.53. The largest absolute Gasteiger partial charge is 0.389 e. The number of hydrogen-bond donors (Lipinski definition) is 2. The highest BCUT2D eigenvalue weighted by Gasteiger charge is 2.28. The summed E-state index contributed by atoms with van der Waals surface area (Å²) < 4.78 is 28.7. The van der Waals surface area contributed by atoms with Crippen LogP contribution in [-0.4, -0.2) is 50.3 Å². The molecule has 0 saturated carbocycles. The molecule has 0 aromatic heterocycles. The van der Waals surface area contributed by atoms with E-state index in [1.807, 2.05) is 6.07 Å². The Bertz CT molecular complexity index is 631. The van der Waals surface area contributed by atoms with Gasteiger partial charge in [-0.15, -0.1) is 0 Å². The summed E-state index contributed by atoms with van der Waals surface area (Å²) in [6.45, 7) is 0.639. The smallest absolute Gasteiger partial charge is 0.151 e. The number of hydrogen-bond acceptors (Lipinski definition) is 5. The molecule has 1 heterocycles. The third-order valence-corrected chi connectivity index (χ3v) is 6.45. The first-order chi connectivity index (χ1) is 11.0. The van der Waals surface area contributed by atoms with Crippen LogP contribution in [0.1, 0.15) is 36.5 Å². The molecule has 1 aromatic rings. The number of rotatable bonds is 6. The first-order valence-corrected chi connectivity index (χ1v) is 10.2. The van der Waals surface area contributed by atoms with Gasteiger partial charge in [-0.3, -0.25) is 0 Å². The minimum Gasteiger partial charge on any atom is -0.389 e. The molecule has 2 aliphatic rings. The van der Waals surface area contributed by atoms with E-state index in [9.17, 15) is 13.5 Å². The van der Waals surface area contributed by atoms with E-state index < -0.39 is 15.9 Å². The van der Waals surface area contributed by atoms with Crippen molar-refractivity contribution >= 4 is 9.84 Å². The Morgan fingerprint density at radius 1 is 1.30 bits per heavy atom. The van der Waals surface area contributed by atoms with Gasteiger partial charge in [0, 0.05) is 12.6 Å². The number of ether oxygens (including phenoxy) is 1. The molecular weight excluding hydrogens is 314 g/mol. The minimum absolute atomic E-state index is 0.0370. The van der Waals surface area contributed by atoms with Crippen molar-refractivity contribution in [2.24, 2.45) is 0 Å². The van der Waals surface area contributed by atoms with Crippen molar-refractivity contribution in [1.82, 2.24) is 5.32 Å². The van der Waals surface area contributed by atoms with Crippen LogP contribution in [0, 0.1) is 0 Å². The Balaban J connectivity index is 1.44. The molecule has 1 aliphatic heterocycles. The fourth-order valence-electron chi connectivity index (χ4n) is 3.43. The quantitative estimate of drug-likeness (QED) is 0.815. The molecule has 5 nitrogen and oxygen atoms in total. The van der Waals surface area contributed by atoms with Gasteiger partial charge >= 0.3 is 0 Å². The third-order valence-electron chi connectivity index (χ3n) is 4.68. The molecule has 2 N–H and O–H groups in total. The molecule has 0 spiro atoms. The number of sulfone groups is 1. The zero-order valence-electron chi connectivity index (χ0n) is 13.3. The van der Waals surface area contributed by atoms with E-state index in [2.05, 4.69) is 23.5 Å². The molecule has 23 heavy (non-hydrogen) atoms. The number of fused-ring (bicyclic) bond motifs is 1. The van der Waals surface area contributed by atoms with Crippen LogP contribution >= 0.6 is 0 Å². The summed E-state index contributed by atoms with van der Waals surface area (Å²) in [7, 11) is -2.88. The Morgan fingerprint density at radius 3 is 2.91 bits per heavy atom. The van der Waals surface area contributed by atoms with Gasteiger partial charge in [0.15, 0.2) is 9.84 Å². The highest BCUT2D eigenvalue weighted by atomic mass is 32.2. The first-order valence-electron chi connectivity index (χ1n) is 8.35. The van der Waals surface area contributed by atoms with Gasteiger partial charge in [0.05, 0.1) is 30.3 Å². The normalized spacial score (nSPS) is 27.5. The summed E-state index contributed by atoms with van der Waals surface area (Å²) in [6, 6.07) is 8.29. The van der Waals surface area contributed by atoms with E-state index in [4.69, 9.17) is 4.74 Å². The summed E-state index contributed by atoms with van der Waals surface area (Å²) in [4.78, 5) is 0. The zero-order valence-corrected chi connectivity index (χ0v) is 14.1. The fourth-order valence-corrected chi connectivity index (χ4v) is 5.14. The summed E-state index contributed by atoms with van der Waals surface area (Å²) >= 11 is 0. The van der Waals surface area contributed by atoms with E-state index in [-0.39, 0.29) is 30.3 Å². The number of aliphatic hydroxyl groups excluding tert-OH is 1. The van der Waals surface area contributed by atoms with Crippen LogP contribution < -0.4 is 5.32 Å². The SMILES string of the molecule is O=S1(=O)CCC(NCC(O)COC2CCCc3ccccc32)C1. The van der Waals surface area contributed by atoms with E-state index >= 15 is 0 Å². The topological polar surface area (TPSA) is 75.6 Å². The van der Waals surface area contributed by atoms with E-state index in [0.717, 1.165) is 19.3 Å². The Labute approximate surface area is 138 Å². The van der Waals surface area contributed by atoms with Gasteiger partial charge in [0.25, 0.3) is 0 Å². The molecule has 3 atom stereocenters. The molecule has 1 fully saturated rings. The van der Waals surface area contributed by atoms with Gasteiger partial charge in [-0.05, 0) is 36.8 Å². The van der Waals surface area contributed by atoms with Crippen molar-refractivity contribution in [3.05, 3.63) is 35.4 Å². The molecule has 1 saturated heterocycles.